The maximum absolute atomic E-state index is 5.97. The van der Waals surface area contributed by atoms with Crippen LogP contribution in [0.5, 0.6) is 0 Å². The second-order valence-corrected chi connectivity index (χ2v) is 4.52. The van der Waals surface area contributed by atoms with Gasteiger partial charge in [-0.05, 0) is 43.2 Å². The molecule has 0 fully saturated rings. The molecule has 1 aromatic carbocycles. The van der Waals surface area contributed by atoms with E-state index in [9.17, 15) is 0 Å². The number of anilines is 1. The van der Waals surface area contributed by atoms with Crippen LogP contribution in [0, 0.1) is 13.8 Å². The van der Waals surface area contributed by atoms with Gasteiger partial charge in [-0.15, -0.1) is 0 Å². The number of pyridine rings is 1. The summed E-state index contributed by atoms with van der Waals surface area (Å²) < 4.78 is 0. The van der Waals surface area contributed by atoms with Crippen LogP contribution >= 0.6 is 11.6 Å². The third kappa shape index (κ3) is 2.98. The summed E-state index contributed by atoms with van der Waals surface area (Å²) in [4.78, 5) is 4.35. The molecule has 0 saturated carbocycles. The summed E-state index contributed by atoms with van der Waals surface area (Å²) in [6.07, 6.45) is 1.81. The van der Waals surface area contributed by atoms with Gasteiger partial charge in [0, 0.05) is 16.9 Å². The quantitative estimate of drug-likeness (QED) is 0.887. The van der Waals surface area contributed by atoms with Crippen LogP contribution in [0.2, 0.25) is 5.02 Å². The van der Waals surface area contributed by atoms with Crippen molar-refractivity contribution < 1.29 is 0 Å². The van der Waals surface area contributed by atoms with Crippen molar-refractivity contribution in [3.63, 3.8) is 0 Å². The molecule has 0 atom stereocenters. The molecule has 0 amide bonds. The van der Waals surface area contributed by atoms with E-state index in [-0.39, 0.29) is 0 Å². The predicted octanol–water partition coefficient (Wildman–Crippen LogP) is 3.96. The van der Waals surface area contributed by atoms with Crippen LogP contribution in [0.4, 0.5) is 5.69 Å². The zero-order valence-corrected chi connectivity index (χ0v) is 10.8. The van der Waals surface area contributed by atoms with Crippen molar-refractivity contribution in [1.82, 2.24) is 4.98 Å². The van der Waals surface area contributed by atoms with Crippen molar-refractivity contribution in [2.45, 2.75) is 20.4 Å². The molecule has 0 aliphatic rings. The lowest BCUT2D eigenvalue weighted by Crippen LogP contribution is -2.04. The van der Waals surface area contributed by atoms with Crippen molar-refractivity contribution in [3.8, 4) is 0 Å². The average molecular weight is 247 g/mol. The molecule has 17 heavy (non-hydrogen) atoms. The number of hydrogen-bond donors (Lipinski definition) is 1. The summed E-state index contributed by atoms with van der Waals surface area (Å²) >= 11 is 5.97. The molecule has 0 aliphatic heterocycles. The van der Waals surface area contributed by atoms with E-state index in [4.69, 9.17) is 11.6 Å². The Morgan fingerprint density at radius 3 is 2.76 bits per heavy atom. The van der Waals surface area contributed by atoms with Crippen molar-refractivity contribution in [1.29, 1.82) is 0 Å². The molecule has 0 bridgehead atoms. The minimum atomic E-state index is 0.716. The fourth-order valence-electron chi connectivity index (χ4n) is 1.67. The van der Waals surface area contributed by atoms with E-state index in [1.165, 1.54) is 11.1 Å². The Morgan fingerprint density at radius 2 is 2.00 bits per heavy atom. The first-order valence-electron chi connectivity index (χ1n) is 5.57. The lowest BCUT2D eigenvalue weighted by Gasteiger charge is -2.10. The predicted molar refractivity (Wildman–Crippen MR) is 72.5 cm³/mol. The van der Waals surface area contributed by atoms with Gasteiger partial charge in [-0.2, -0.15) is 0 Å². The van der Waals surface area contributed by atoms with Gasteiger partial charge in [-0.1, -0.05) is 23.7 Å². The summed E-state index contributed by atoms with van der Waals surface area (Å²) in [5, 5.41) is 4.11. The molecule has 0 aliphatic carbocycles. The van der Waals surface area contributed by atoms with Gasteiger partial charge >= 0.3 is 0 Å². The highest BCUT2D eigenvalue weighted by atomic mass is 35.5. The Balaban J connectivity index is 2.12. The fourth-order valence-corrected chi connectivity index (χ4v) is 1.84. The molecule has 1 aromatic heterocycles. The summed E-state index contributed by atoms with van der Waals surface area (Å²) in [5.74, 6) is 0. The van der Waals surface area contributed by atoms with Crippen LogP contribution < -0.4 is 5.32 Å². The van der Waals surface area contributed by atoms with Gasteiger partial charge in [-0.25, -0.2) is 0 Å². The largest absolute Gasteiger partial charge is 0.379 e. The second-order valence-electron chi connectivity index (χ2n) is 4.08. The minimum absolute atomic E-state index is 0.716. The summed E-state index contributed by atoms with van der Waals surface area (Å²) in [6, 6.07) is 9.86. The van der Waals surface area contributed by atoms with Crippen molar-refractivity contribution in [3.05, 3.63) is 58.4 Å². The molecule has 2 aromatic rings. The molecule has 0 unspecified atom stereocenters. The summed E-state index contributed by atoms with van der Waals surface area (Å²) in [5.41, 5.74) is 4.50. The van der Waals surface area contributed by atoms with Gasteiger partial charge in [0.05, 0.1) is 12.2 Å². The number of aromatic nitrogens is 1. The smallest absolute Gasteiger partial charge is 0.0623 e. The molecule has 0 radical (unpaired) electrons. The highest BCUT2D eigenvalue weighted by molar-refractivity contribution is 6.30. The van der Waals surface area contributed by atoms with Crippen LogP contribution in [0.1, 0.15) is 16.8 Å². The first-order valence-corrected chi connectivity index (χ1v) is 5.95. The van der Waals surface area contributed by atoms with Gasteiger partial charge in [0.2, 0.25) is 0 Å². The minimum Gasteiger partial charge on any atom is -0.379 e. The highest BCUT2D eigenvalue weighted by Crippen LogP contribution is 2.20. The van der Waals surface area contributed by atoms with Crippen LogP contribution in [0.3, 0.4) is 0 Å². The Hall–Kier alpha value is -1.54. The third-order valence-electron chi connectivity index (χ3n) is 2.76. The van der Waals surface area contributed by atoms with Crippen LogP contribution in [-0.2, 0) is 6.54 Å². The maximum atomic E-state index is 5.97. The number of halogens is 1. The van der Waals surface area contributed by atoms with Gasteiger partial charge in [-0.3, -0.25) is 4.98 Å². The molecular weight excluding hydrogens is 232 g/mol. The van der Waals surface area contributed by atoms with E-state index in [2.05, 4.69) is 30.2 Å². The molecule has 0 saturated heterocycles. The Morgan fingerprint density at radius 1 is 1.18 bits per heavy atom. The standard InChI is InChI=1S/C14H15ClN2/c1-10-4-3-7-16-14(10)9-17-13-8-12(15)6-5-11(13)2/h3-8,17H,9H2,1-2H3. The number of nitrogens with zero attached hydrogens (tertiary/aromatic N) is 1. The lowest BCUT2D eigenvalue weighted by molar-refractivity contribution is 1.02. The Bertz CT molecular complexity index is 523. The average Bonchev–Trinajstić information content (AvgIpc) is 2.32. The molecule has 3 heteroatoms. The molecule has 2 nitrogen and oxygen atoms in total. The number of nitrogens with one attached hydrogen (secondary N) is 1. The van der Waals surface area contributed by atoms with Gasteiger partial charge in [0.25, 0.3) is 0 Å². The highest BCUT2D eigenvalue weighted by Gasteiger charge is 2.01. The van der Waals surface area contributed by atoms with Gasteiger partial charge in [0.1, 0.15) is 0 Å². The normalized spacial score (nSPS) is 10.3. The number of hydrogen-bond acceptors (Lipinski definition) is 2. The Kier molecular flexibility index (Phi) is 3.64. The number of rotatable bonds is 3. The van der Waals surface area contributed by atoms with Crippen LogP contribution in [0.25, 0.3) is 0 Å². The Labute approximate surface area is 107 Å². The first-order chi connectivity index (χ1) is 8.16. The van der Waals surface area contributed by atoms with Crippen LogP contribution in [0.15, 0.2) is 36.5 Å². The zero-order valence-electron chi connectivity index (χ0n) is 10.00. The van der Waals surface area contributed by atoms with E-state index >= 15 is 0 Å². The topological polar surface area (TPSA) is 24.9 Å². The van der Waals surface area contributed by atoms with Crippen LogP contribution in [-0.4, -0.2) is 4.98 Å². The monoisotopic (exact) mass is 246 g/mol. The number of benzene rings is 1. The lowest BCUT2D eigenvalue weighted by atomic mass is 10.2. The summed E-state index contributed by atoms with van der Waals surface area (Å²) in [7, 11) is 0. The zero-order chi connectivity index (χ0) is 12.3. The summed E-state index contributed by atoms with van der Waals surface area (Å²) in [6.45, 7) is 4.84. The van der Waals surface area contributed by atoms with E-state index in [1.54, 1.807) is 0 Å². The third-order valence-corrected chi connectivity index (χ3v) is 3.00. The molecule has 88 valence electrons. The van der Waals surface area contributed by atoms with Gasteiger partial charge < -0.3 is 5.32 Å². The molecule has 2 rings (SSSR count). The molecule has 0 spiro atoms. The number of aryl methyl sites for hydroxylation is 2. The van der Waals surface area contributed by atoms with E-state index in [1.807, 2.05) is 30.5 Å². The van der Waals surface area contributed by atoms with Crippen molar-refractivity contribution >= 4 is 17.3 Å². The SMILES string of the molecule is Cc1ccc(Cl)cc1NCc1ncccc1C. The molecule has 1 N–H and O–H groups in total. The first kappa shape index (κ1) is 11.9. The van der Waals surface area contributed by atoms with E-state index in [0.29, 0.717) is 6.54 Å². The van der Waals surface area contributed by atoms with Crippen molar-refractivity contribution in [2.75, 3.05) is 5.32 Å². The molecule has 1 heterocycles. The van der Waals surface area contributed by atoms with Crippen molar-refractivity contribution in [2.24, 2.45) is 0 Å². The molecular formula is C14H15ClN2. The fraction of sp³-hybridized carbons (Fsp3) is 0.214. The maximum Gasteiger partial charge on any atom is 0.0623 e. The second kappa shape index (κ2) is 5.19. The van der Waals surface area contributed by atoms with E-state index in [0.717, 1.165) is 16.4 Å². The van der Waals surface area contributed by atoms with E-state index < -0.39 is 0 Å². The van der Waals surface area contributed by atoms with Gasteiger partial charge in [0.15, 0.2) is 0 Å².